The van der Waals surface area contributed by atoms with Gasteiger partial charge in [-0.1, -0.05) is 6.07 Å². The summed E-state index contributed by atoms with van der Waals surface area (Å²) in [6, 6.07) is 6.25. The van der Waals surface area contributed by atoms with E-state index in [2.05, 4.69) is 0 Å². The third-order valence-electron chi connectivity index (χ3n) is 3.01. The Morgan fingerprint density at radius 3 is 3.05 bits per heavy atom. The number of nitrogens with zero attached hydrogens (tertiary/aromatic N) is 2. The van der Waals surface area contributed by atoms with E-state index in [4.69, 9.17) is 5.11 Å². The van der Waals surface area contributed by atoms with Gasteiger partial charge in [0, 0.05) is 41.9 Å². The van der Waals surface area contributed by atoms with Crippen molar-refractivity contribution in [3.05, 3.63) is 34.4 Å². The zero-order valence-electron chi connectivity index (χ0n) is 10.2. The minimum absolute atomic E-state index is 0.0322. The van der Waals surface area contributed by atoms with Gasteiger partial charge in [0.15, 0.2) is 0 Å². The first-order valence-electron chi connectivity index (χ1n) is 5.88. The fourth-order valence-electron chi connectivity index (χ4n) is 2.15. The molecule has 1 N–H and O–H groups in total. The first kappa shape index (κ1) is 13.7. The average molecular weight is 282 g/mol. The summed E-state index contributed by atoms with van der Waals surface area (Å²) in [6.45, 7) is 0.712. The van der Waals surface area contributed by atoms with E-state index in [0.29, 0.717) is 6.54 Å². The van der Waals surface area contributed by atoms with Crippen molar-refractivity contribution in [3.63, 3.8) is 0 Å². The van der Waals surface area contributed by atoms with Gasteiger partial charge in [-0.15, -0.1) is 0 Å². The van der Waals surface area contributed by atoms with E-state index in [1.165, 1.54) is 12.1 Å². The number of nitro benzene ring substituents is 1. The lowest BCUT2D eigenvalue weighted by atomic mass is 10.1. The number of aliphatic carboxylic acids is 1. The summed E-state index contributed by atoms with van der Waals surface area (Å²) < 4.78 is 0. The van der Waals surface area contributed by atoms with Crippen LogP contribution in [-0.2, 0) is 4.79 Å². The Balaban J connectivity index is 2.24. The second kappa shape index (κ2) is 5.92. The van der Waals surface area contributed by atoms with E-state index >= 15 is 0 Å². The van der Waals surface area contributed by atoms with Gasteiger partial charge in [0.25, 0.3) is 5.69 Å². The maximum Gasteiger partial charge on any atom is 0.305 e. The van der Waals surface area contributed by atoms with Crippen molar-refractivity contribution >= 4 is 29.1 Å². The predicted octanol–water partition coefficient (Wildman–Crippen LogP) is 1.99. The van der Waals surface area contributed by atoms with Crippen LogP contribution in [0.2, 0.25) is 0 Å². The highest BCUT2D eigenvalue weighted by molar-refractivity contribution is 7.99. The fourth-order valence-corrected chi connectivity index (χ4v) is 3.21. The standard InChI is InChI=1S/C12H14N2O4S/c15-12(16)7-11-8-19-5-4-13(11)9-2-1-3-10(6-9)14(17)18/h1-3,6,11H,4-5,7-8H2,(H,15,16). The van der Waals surface area contributed by atoms with Crippen LogP contribution in [0, 0.1) is 10.1 Å². The largest absolute Gasteiger partial charge is 0.481 e. The Labute approximate surface area is 114 Å². The number of nitro groups is 1. The number of thioether (sulfide) groups is 1. The first-order valence-corrected chi connectivity index (χ1v) is 7.04. The van der Waals surface area contributed by atoms with Gasteiger partial charge in [0.05, 0.1) is 11.3 Å². The summed E-state index contributed by atoms with van der Waals surface area (Å²) in [5, 5.41) is 19.7. The monoisotopic (exact) mass is 282 g/mol. The average Bonchev–Trinajstić information content (AvgIpc) is 2.39. The Kier molecular flexibility index (Phi) is 4.26. The molecule has 1 fully saturated rings. The fraction of sp³-hybridized carbons (Fsp3) is 0.417. The SMILES string of the molecule is O=C(O)CC1CSCCN1c1cccc([N+](=O)[O-])c1. The topological polar surface area (TPSA) is 83.7 Å². The molecule has 1 atom stereocenters. The quantitative estimate of drug-likeness (QED) is 0.671. The lowest BCUT2D eigenvalue weighted by Crippen LogP contribution is -2.43. The van der Waals surface area contributed by atoms with Gasteiger partial charge in [-0.25, -0.2) is 0 Å². The van der Waals surface area contributed by atoms with Crippen LogP contribution >= 0.6 is 11.8 Å². The number of hydrogen-bond acceptors (Lipinski definition) is 5. The molecule has 0 aromatic heterocycles. The Hall–Kier alpha value is -1.76. The highest BCUT2D eigenvalue weighted by atomic mass is 32.2. The highest BCUT2D eigenvalue weighted by Crippen LogP contribution is 2.28. The van der Waals surface area contributed by atoms with Gasteiger partial charge in [0.1, 0.15) is 0 Å². The number of carboxylic acids is 1. The minimum Gasteiger partial charge on any atom is -0.481 e. The molecule has 1 heterocycles. The van der Waals surface area contributed by atoms with E-state index in [1.807, 2.05) is 4.90 Å². The molecular formula is C12H14N2O4S. The van der Waals surface area contributed by atoms with Crippen molar-refractivity contribution in [1.82, 2.24) is 0 Å². The predicted molar refractivity (Wildman–Crippen MR) is 73.8 cm³/mol. The van der Waals surface area contributed by atoms with Crippen LogP contribution in [0.1, 0.15) is 6.42 Å². The molecule has 1 aliphatic rings. The summed E-state index contributed by atoms with van der Waals surface area (Å²) in [7, 11) is 0. The molecule has 2 rings (SSSR count). The number of rotatable bonds is 4. The van der Waals surface area contributed by atoms with Crippen molar-refractivity contribution in [3.8, 4) is 0 Å². The molecule has 1 aromatic carbocycles. The number of carbonyl (C=O) groups is 1. The molecule has 19 heavy (non-hydrogen) atoms. The van der Waals surface area contributed by atoms with E-state index in [1.54, 1.807) is 23.9 Å². The lowest BCUT2D eigenvalue weighted by molar-refractivity contribution is -0.384. The number of non-ortho nitro benzene ring substituents is 1. The van der Waals surface area contributed by atoms with E-state index in [0.717, 1.165) is 17.2 Å². The van der Waals surface area contributed by atoms with Crippen LogP contribution < -0.4 is 4.90 Å². The normalized spacial score (nSPS) is 19.2. The Morgan fingerprint density at radius 2 is 2.37 bits per heavy atom. The van der Waals surface area contributed by atoms with E-state index in [9.17, 15) is 14.9 Å². The molecular weight excluding hydrogens is 268 g/mol. The molecule has 0 bridgehead atoms. The van der Waals surface area contributed by atoms with Gasteiger partial charge in [-0.3, -0.25) is 14.9 Å². The first-order chi connectivity index (χ1) is 9.08. The van der Waals surface area contributed by atoms with Gasteiger partial charge in [-0.05, 0) is 6.07 Å². The molecule has 0 aliphatic carbocycles. The van der Waals surface area contributed by atoms with Crippen LogP contribution in [-0.4, -0.2) is 40.1 Å². The molecule has 102 valence electrons. The number of anilines is 1. The van der Waals surface area contributed by atoms with Gasteiger partial charge < -0.3 is 10.0 Å². The number of benzene rings is 1. The number of carboxylic acid groups (broad SMARTS) is 1. The summed E-state index contributed by atoms with van der Waals surface area (Å²) in [5.41, 5.74) is 0.755. The lowest BCUT2D eigenvalue weighted by Gasteiger charge is -2.36. The highest BCUT2D eigenvalue weighted by Gasteiger charge is 2.26. The zero-order chi connectivity index (χ0) is 13.8. The maximum atomic E-state index is 10.9. The van der Waals surface area contributed by atoms with Crippen LogP contribution in [0.25, 0.3) is 0 Å². The van der Waals surface area contributed by atoms with Crippen LogP contribution in [0.15, 0.2) is 24.3 Å². The summed E-state index contributed by atoms with van der Waals surface area (Å²) in [4.78, 5) is 23.2. The molecule has 0 amide bonds. The Morgan fingerprint density at radius 1 is 1.58 bits per heavy atom. The molecule has 0 radical (unpaired) electrons. The third kappa shape index (κ3) is 3.37. The maximum absolute atomic E-state index is 10.9. The van der Waals surface area contributed by atoms with Gasteiger partial charge >= 0.3 is 5.97 Å². The second-order valence-electron chi connectivity index (χ2n) is 4.30. The molecule has 1 saturated heterocycles. The minimum atomic E-state index is -0.845. The molecule has 1 aliphatic heterocycles. The molecule has 0 spiro atoms. The van der Waals surface area contributed by atoms with Crippen molar-refractivity contribution < 1.29 is 14.8 Å². The van der Waals surface area contributed by atoms with Crippen molar-refractivity contribution in [2.24, 2.45) is 0 Å². The molecule has 1 aromatic rings. The smallest absolute Gasteiger partial charge is 0.305 e. The van der Waals surface area contributed by atoms with Crippen molar-refractivity contribution in [2.45, 2.75) is 12.5 Å². The van der Waals surface area contributed by atoms with Crippen LogP contribution in [0.3, 0.4) is 0 Å². The summed E-state index contributed by atoms with van der Waals surface area (Å²) >= 11 is 1.72. The molecule has 7 heteroatoms. The van der Waals surface area contributed by atoms with Gasteiger partial charge in [-0.2, -0.15) is 11.8 Å². The summed E-state index contributed by atoms with van der Waals surface area (Å²) in [5.74, 6) is 0.788. The van der Waals surface area contributed by atoms with E-state index < -0.39 is 10.9 Å². The van der Waals surface area contributed by atoms with Crippen LogP contribution in [0.5, 0.6) is 0 Å². The van der Waals surface area contributed by atoms with Crippen molar-refractivity contribution in [2.75, 3.05) is 23.0 Å². The number of hydrogen-bond donors (Lipinski definition) is 1. The molecule has 6 nitrogen and oxygen atoms in total. The van der Waals surface area contributed by atoms with E-state index in [-0.39, 0.29) is 18.2 Å². The Bertz CT molecular complexity index is 494. The van der Waals surface area contributed by atoms with Gasteiger partial charge in [0.2, 0.25) is 0 Å². The second-order valence-corrected chi connectivity index (χ2v) is 5.45. The van der Waals surface area contributed by atoms with Crippen molar-refractivity contribution in [1.29, 1.82) is 0 Å². The molecule has 0 saturated carbocycles. The third-order valence-corrected chi connectivity index (χ3v) is 4.10. The summed E-state index contributed by atoms with van der Waals surface area (Å²) in [6.07, 6.45) is 0.0513. The zero-order valence-corrected chi connectivity index (χ0v) is 11.0. The van der Waals surface area contributed by atoms with Crippen LogP contribution in [0.4, 0.5) is 11.4 Å². The molecule has 1 unspecified atom stereocenters.